The lowest BCUT2D eigenvalue weighted by molar-refractivity contribution is -0.133. The van der Waals surface area contributed by atoms with Crippen molar-refractivity contribution in [2.24, 2.45) is 10.7 Å². The van der Waals surface area contributed by atoms with Gasteiger partial charge in [-0.25, -0.2) is 18.7 Å². The normalized spacial score (nSPS) is 38.4. The monoisotopic (exact) mass is 531 g/mol. The maximum absolute atomic E-state index is 12.1. The third kappa shape index (κ3) is 4.02. The van der Waals surface area contributed by atoms with Gasteiger partial charge in [0.1, 0.15) is 29.9 Å². The second-order valence-corrected chi connectivity index (χ2v) is 11.4. The number of rotatable bonds is 7. The second-order valence-electron chi connectivity index (χ2n) is 7.02. The summed E-state index contributed by atoms with van der Waals surface area (Å²) in [6, 6.07) is 0. The van der Waals surface area contributed by atoms with Gasteiger partial charge >= 0.3 is 23.5 Å². The quantitative estimate of drug-likeness (QED) is 0.140. The molecule has 2 aliphatic heterocycles. The van der Waals surface area contributed by atoms with Gasteiger partial charge in [-0.1, -0.05) is 5.92 Å². The van der Waals surface area contributed by atoms with E-state index in [0.717, 1.165) is 0 Å². The standard InChI is InChI=1S/C12H16N5O13P3/c1-2-11(18)10(17-4-16-5-8(13)14-3-15-9(5)17)27-6-7(12(6,11)19)28-32(23,24)30-33(25,26)29-31(20,21)22/h1,3-4,6-8,10,18-19H,13H2,(H,14,15)(H,23,24)(H,25,26)(H2,20,21,22)/t6-,7?,8?,10-,11+,12+/m1/s1. The second kappa shape index (κ2) is 7.49. The number of hydrogen-bond donors (Lipinski definition) is 8. The molecule has 182 valence electrons. The number of terminal acetylenes is 1. The Morgan fingerprint density at radius 2 is 1.88 bits per heavy atom. The fraction of sp³-hybridized carbons (Fsp3) is 0.500. The zero-order valence-electron chi connectivity index (χ0n) is 15.8. The smallest absolute Gasteiger partial charge is 0.380 e. The van der Waals surface area contributed by atoms with Gasteiger partial charge in [0.2, 0.25) is 5.60 Å². The molecule has 0 spiro atoms. The van der Waals surface area contributed by atoms with Crippen molar-refractivity contribution in [1.82, 2.24) is 9.55 Å². The first-order valence-corrected chi connectivity index (χ1v) is 13.1. The minimum absolute atomic E-state index is 0.227. The molecule has 33 heavy (non-hydrogen) atoms. The molecule has 2 fully saturated rings. The summed E-state index contributed by atoms with van der Waals surface area (Å²) in [7, 11) is -17.0. The van der Waals surface area contributed by atoms with Crippen LogP contribution in [0.25, 0.3) is 0 Å². The van der Waals surface area contributed by atoms with E-state index in [-0.39, 0.29) is 11.5 Å². The van der Waals surface area contributed by atoms with E-state index in [1.165, 1.54) is 17.2 Å². The highest BCUT2D eigenvalue weighted by Gasteiger charge is 2.85. The number of anilines is 1. The van der Waals surface area contributed by atoms with Crippen LogP contribution in [0.15, 0.2) is 11.3 Å². The van der Waals surface area contributed by atoms with Crippen LogP contribution in [0, 0.1) is 12.3 Å². The largest absolute Gasteiger partial charge is 0.490 e. The number of hydrogen-bond acceptors (Lipinski definition) is 13. The van der Waals surface area contributed by atoms with Crippen LogP contribution < -0.4 is 11.1 Å². The van der Waals surface area contributed by atoms with Gasteiger partial charge in [-0.15, -0.1) is 6.42 Å². The van der Waals surface area contributed by atoms with Crippen LogP contribution in [0.1, 0.15) is 18.1 Å². The summed E-state index contributed by atoms with van der Waals surface area (Å²) in [6.07, 6.45) is 2.11. The Morgan fingerprint density at radius 1 is 1.21 bits per heavy atom. The molecule has 0 amide bonds. The fourth-order valence-electron chi connectivity index (χ4n) is 3.56. The third-order valence-electron chi connectivity index (χ3n) is 4.95. The van der Waals surface area contributed by atoms with Crippen LogP contribution in [-0.4, -0.2) is 69.1 Å². The predicted octanol–water partition coefficient (Wildman–Crippen LogP) is -1.99. The first-order valence-electron chi connectivity index (χ1n) is 8.55. The molecule has 1 saturated heterocycles. The van der Waals surface area contributed by atoms with Crippen molar-refractivity contribution in [1.29, 1.82) is 0 Å². The van der Waals surface area contributed by atoms with Crippen LogP contribution in [-0.2, 0) is 31.6 Å². The van der Waals surface area contributed by atoms with E-state index in [9.17, 15) is 33.7 Å². The molecule has 1 aromatic rings. The summed E-state index contributed by atoms with van der Waals surface area (Å²) >= 11 is 0. The fourth-order valence-corrected chi connectivity index (χ4v) is 6.78. The number of phosphoric ester groups is 1. The highest BCUT2D eigenvalue weighted by atomic mass is 31.3. The number of nitrogens with zero attached hydrogens (tertiary/aromatic N) is 3. The molecule has 9 N–H and O–H groups in total. The number of aromatic nitrogens is 2. The van der Waals surface area contributed by atoms with E-state index in [0.29, 0.717) is 0 Å². The van der Waals surface area contributed by atoms with Crippen molar-refractivity contribution in [2.75, 3.05) is 5.32 Å². The highest BCUT2D eigenvalue weighted by molar-refractivity contribution is 7.66. The maximum Gasteiger partial charge on any atom is 0.490 e. The Hall–Kier alpha value is -1.51. The zero-order valence-corrected chi connectivity index (χ0v) is 18.5. The zero-order chi connectivity index (χ0) is 24.6. The van der Waals surface area contributed by atoms with Gasteiger partial charge in [-0.3, -0.25) is 14.1 Å². The molecular weight excluding hydrogens is 515 g/mol. The number of nitrogens with two attached hydrogens (primary N) is 1. The molecule has 8 atom stereocenters. The number of aliphatic hydroxyl groups is 2. The maximum atomic E-state index is 12.1. The summed E-state index contributed by atoms with van der Waals surface area (Å²) in [6.45, 7) is 0. The highest BCUT2D eigenvalue weighted by Crippen LogP contribution is 2.70. The van der Waals surface area contributed by atoms with E-state index < -0.39 is 59.3 Å². The molecular formula is C12H16N5O13P3. The lowest BCUT2D eigenvalue weighted by Gasteiger charge is -2.33. The van der Waals surface area contributed by atoms with Crippen molar-refractivity contribution in [3.05, 3.63) is 12.0 Å². The molecule has 1 aliphatic carbocycles. The van der Waals surface area contributed by atoms with Crippen LogP contribution in [0.2, 0.25) is 0 Å². The van der Waals surface area contributed by atoms with Gasteiger partial charge in [0.05, 0.1) is 12.7 Å². The number of nitrogens with one attached hydrogen (secondary N) is 1. The molecule has 0 aromatic carbocycles. The Labute approximate surface area is 183 Å². The molecule has 4 rings (SSSR count). The van der Waals surface area contributed by atoms with Gasteiger partial charge in [0.15, 0.2) is 11.8 Å². The molecule has 4 unspecified atom stereocenters. The Kier molecular flexibility index (Phi) is 5.59. The summed E-state index contributed by atoms with van der Waals surface area (Å²) in [5.41, 5.74) is 0.952. The molecule has 1 aromatic heterocycles. The number of imidazole rings is 1. The molecule has 3 heterocycles. The average Bonchev–Trinajstić information content (AvgIpc) is 2.96. The molecule has 1 saturated carbocycles. The number of phosphoric acid groups is 3. The SMILES string of the molecule is C#C[C@]1(O)[C@H](n2cnc3c2NC=NC3N)O[C@@H]2C(OP(=O)(O)OP(=O)(O)OP(=O)(O)O)[C@@]21O. The number of ether oxygens (including phenoxy) is 1. The minimum Gasteiger partial charge on any atom is -0.380 e. The first kappa shape index (κ1) is 24.6. The van der Waals surface area contributed by atoms with Crippen LogP contribution in [0.3, 0.4) is 0 Å². The van der Waals surface area contributed by atoms with Crippen molar-refractivity contribution >= 4 is 35.6 Å². The van der Waals surface area contributed by atoms with Crippen LogP contribution in [0.4, 0.5) is 5.82 Å². The topological polar surface area (TPSA) is 278 Å². The summed E-state index contributed by atoms with van der Waals surface area (Å²) in [5, 5.41) is 24.7. The van der Waals surface area contributed by atoms with Crippen molar-refractivity contribution in [3.8, 4) is 12.3 Å². The lowest BCUT2D eigenvalue weighted by atomic mass is 9.93. The van der Waals surface area contributed by atoms with E-state index in [4.69, 9.17) is 26.7 Å². The summed E-state index contributed by atoms with van der Waals surface area (Å²) < 4.78 is 52.7. The van der Waals surface area contributed by atoms with Gasteiger partial charge < -0.3 is 45.6 Å². The van der Waals surface area contributed by atoms with Gasteiger partial charge in [0.25, 0.3) is 0 Å². The van der Waals surface area contributed by atoms with Crippen molar-refractivity contribution in [3.63, 3.8) is 0 Å². The van der Waals surface area contributed by atoms with Gasteiger partial charge in [-0.05, 0) is 0 Å². The molecule has 3 aliphatic rings. The van der Waals surface area contributed by atoms with Crippen LogP contribution in [0.5, 0.6) is 0 Å². The molecule has 0 bridgehead atoms. The van der Waals surface area contributed by atoms with E-state index in [1.807, 2.05) is 5.92 Å². The lowest BCUT2D eigenvalue weighted by Crippen LogP contribution is -2.50. The molecule has 18 nitrogen and oxygen atoms in total. The molecule has 21 heteroatoms. The summed E-state index contributed by atoms with van der Waals surface area (Å²) in [4.78, 5) is 44.0. The summed E-state index contributed by atoms with van der Waals surface area (Å²) in [5.74, 6) is 2.17. The Balaban J connectivity index is 1.55. The van der Waals surface area contributed by atoms with Gasteiger partial charge in [-0.2, -0.15) is 8.62 Å². The predicted molar refractivity (Wildman–Crippen MR) is 103 cm³/mol. The van der Waals surface area contributed by atoms with E-state index in [1.54, 1.807) is 0 Å². The van der Waals surface area contributed by atoms with Gasteiger partial charge in [0, 0.05) is 0 Å². The Bertz CT molecular complexity index is 1210. The average molecular weight is 531 g/mol. The first-order chi connectivity index (χ1) is 15.0. The molecule has 0 radical (unpaired) electrons. The van der Waals surface area contributed by atoms with E-state index >= 15 is 0 Å². The number of aliphatic imine (C=N–C) groups is 1. The van der Waals surface area contributed by atoms with Crippen molar-refractivity contribution in [2.45, 2.75) is 35.8 Å². The third-order valence-corrected chi connectivity index (χ3v) is 8.77. The van der Waals surface area contributed by atoms with Crippen LogP contribution >= 0.6 is 23.5 Å². The number of fused-ring (bicyclic) bond motifs is 2. The Morgan fingerprint density at radius 3 is 2.48 bits per heavy atom. The van der Waals surface area contributed by atoms with E-state index in [2.05, 4.69) is 28.4 Å². The minimum atomic E-state index is -5.80. The van der Waals surface area contributed by atoms with Crippen molar-refractivity contribution < 1.29 is 61.4 Å².